The Balaban J connectivity index is 3.73. The maximum atomic E-state index is 10.3. The molecule has 0 radical (unpaired) electrons. The Kier molecular flexibility index (Phi) is 4.09. The van der Waals surface area contributed by atoms with Crippen LogP contribution in [0.4, 0.5) is 0 Å². The van der Waals surface area contributed by atoms with E-state index in [4.69, 9.17) is 25.7 Å². The van der Waals surface area contributed by atoms with Crippen molar-refractivity contribution in [2.75, 3.05) is 6.16 Å². The standard InChI is InChI=1S/C5H12NO5P/c6-4(5(7)8)2-1-3-12(9,10)11/h7-8H,1-3,6H2,(H2,9,10,11). The molecule has 12 heavy (non-hydrogen) atoms. The van der Waals surface area contributed by atoms with Gasteiger partial charge in [-0.25, -0.2) is 0 Å². The van der Waals surface area contributed by atoms with E-state index < -0.39 is 13.5 Å². The molecule has 0 bridgehead atoms. The van der Waals surface area contributed by atoms with Gasteiger partial charge in [0.2, 0.25) is 0 Å². The first-order chi connectivity index (χ1) is 5.33. The summed E-state index contributed by atoms with van der Waals surface area (Å²) in [6.07, 6.45) is -0.116. The van der Waals surface area contributed by atoms with Crippen LogP contribution in [-0.4, -0.2) is 26.2 Å². The van der Waals surface area contributed by atoms with E-state index in [-0.39, 0.29) is 24.7 Å². The molecule has 0 spiro atoms. The summed E-state index contributed by atoms with van der Waals surface area (Å²) >= 11 is 0. The lowest BCUT2D eigenvalue weighted by molar-refractivity contribution is 0.182. The second-order valence-electron chi connectivity index (χ2n) is 2.34. The van der Waals surface area contributed by atoms with Crippen LogP contribution in [0.25, 0.3) is 0 Å². The van der Waals surface area contributed by atoms with Gasteiger partial charge in [-0.3, -0.25) is 4.57 Å². The fourth-order valence-corrected chi connectivity index (χ4v) is 1.16. The molecule has 0 heterocycles. The van der Waals surface area contributed by atoms with Gasteiger partial charge in [0.1, 0.15) is 0 Å². The number of allylic oxidation sites excluding steroid dienone is 1. The molecule has 0 saturated heterocycles. The van der Waals surface area contributed by atoms with Crippen molar-refractivity contribution in [1.82, 2.24) is 0 Å². The molecule has 0 atom stereocenters. The molecule has 0 aromatic heterocycles. The average Bonchev–Trinajstić information content (AvgIpc) is 1.84. The van der Waals surface area contributed by atoms with E-state index in [2.05, 4.69) is 0 Å². The van der Waals surface area contributed by atoms with Crippen molar-refractivity contribution in [3.63, 3.8) is 0 Å². The van der Waals surface area contributed by atoms with Crippen molar-refractivity contribution in [3.8, 4) is 0 Å². The third-order valence-electron chi connectivity index (χ3n) is 1.18. The Morgan fingerprint density at radius 1 is 1.33 bits per heavy atom. The van der Waals surface area contributed by atoms with Crippen LogP contribution in [0.2, 0.25) is 0 Å². The van der Waals surface area contributed by atoms with E-state index in [0.717, 1.165) is 0 Å². The van der Waals surface area contributed by atoms with E-state index in [0.29, 0.717) is 0 Å². The summed E-state index contributed by atoms with van der Waals surface area (Å²) in [7, 11) is -3.99. The quantitative estimate of drug-likeness (QED) is 0.323. The van der Waals surface area contributed by atoms with Gasteiger partial charge in [0.05, 0.1) is 11.9 Å². The SMILES string of the molecule is NC(CCCP(=O)(O)O)=C(O)O. The third-order valence-corrected chi connectivity index (χ3v) is 2.08. The highest BCUT2D eigenvalue weighted by Gasteiger charge is 2.12. The molecule has 0 aliphatic rings. The molecule has 0 amide bonds. The van der Waals surface area contributed by atoms with Gasteiger partial charge >= 0.3 is 7.60 Å². The molecule has 0 rings (SSSR count). The predicted octanol–water partition coefficient (Wildman–Crippen LogP) is 0.188. The number of rotatable bonds is 4. The molecule has 0 saturated carbocycles. The van der Waals surface area contributed by atoms with Crippen LogP contribution < -0.4 is 5.73 Å². The zero-order valence-corrected chi connectivity index (χ0v) is 7.24. The summed E-state index contributed by atoms with van der Waals surface area (Å²) in [5.74, 6) is -0.985. The van der Waals surface area contributed by atoms with Crippen LogP contribution in [-0.2, 0) is 4.57 Å². The normalized spacial score (nSPS) is 11.2. The lowest BCUT2D eigenvalue weighted by atomic mass is 10.3. The van der Waals surface area contributed by atoms with Gasteiger partial charge in [-0.1, -0.05) is 0 Å². The highest BCUT2D eigenvalue weighted by molar-refractivity contribution is 7.51. The molecule has 0 aliphatic heterocycles. The Labute approximate surface area is 69.5 Å². The Morgan fingerprint density at radius 2 is 1.83 bits per heavy atom. The third kappa shape index (κ3) is 6.03. The second-order valence-corrected chi connectivity index (χ2v) is 4.12. The van der Waals surface area contributed by atoms with E-state index in [9.17, 15) is 4.57 Å². The minimum absolute atomic E-state index is 0.0629. The molecule has 0 aromatic rings. The van der Waals surface area contributed by atoms with Crippen molar-refractivity contribution >= 4 is 7.60 Å². The maximum absolute atomic E-state index is 10.3. The van der Waals surface area contributed by atoms with E-state index in [1.165, 1.54) is 0 Å². The molecule has 0 unspecified atom stereocenters. The second kappa shape index (κ2) is 4.35. The highest BCUT2D eigenvalue weighted by Crippen LogP contribution is 2.35. The van der Waals surface area contributed by atoms with Gasteiger partial charge in [-0.15, -0.1) is 0 Å². The number of nitrogens with two attached hydrogens (primary N) is 1. The molecule has 6 nitrogen and oxygen atoms in total. The Hall–Kier alpha value is -0.710. The summed E-state index contributed by atoms with van der Waals surface area (Å²) in [6, 6.07) is 0. The maximum Gasteiger partial charge on any atom is 0.325 e. The highest BCUT2D eigenvalue weighted by atomic mass is 31.2. The topological polar surface area (TPSA) is 124 Å². The Morgan fingerprint density at radius 3 is 2.17 bits per heavy atom. The fraction of sp³-hybridized carbons (Fsp3) is 0.600. The van der Waals surface area contributed by atoms with Gasteiger partial charge in [0.15, 0.2) is 0 Å². The number of hydrogen-bond acceptors (Lipinski definition) is 4. The molecule has 7 heteroatoms. The molecule has 0 aromatic carbocycles. The zero-order valence-electron chi connectivity index (χ0n) is 6.34. The number of aliphatic hydroxyl groups is 2. The number of hydrogen-bond donors (Lipinski definition) is 5. The van der Waals surface area contributed by atoms with Gasteiger partial charge in [-0.05, 0) is 12.8 Å². The van der Waals surface area contributed by atoms with E-state index >= 15 is 0 Å². The minimum atomic E-state index is -3.99. The van der Waals surface area contributed by atoms with Crippen LogP contribution in [0.1, 0.15) is 12.8 Å². The van der Waals surface area contributed by atoms with Crippen LogP contribution in [0.5, 0.6) is 0 Å². The summed E-state index contributed by atoms with van der Waals surface area (Å²) in [4.78, 5) is 16.8. The summed E-state index contributed by atoms with van der Waals surface area (Å²) < 4.78 is 10.3. The van der Waals surface area contributed by atoms with Crippen molar-refractivity contribution in [2.45, 2.75) is 12.8 Å². The largest absolute Gasteiger partial charge is 0.480 e. The summed E-state index contributed by atoms with van der Waals surface area (Å²) in [5, 5.41) is 16.7. The smallest absolute Gasteiger partial charge is 0.325 e. The van der Waals surface area contributed by atoms with Gasteiger partial charge in [0.25, 0.3) is 5.95 Å². The predicted molar refractivity (Wildman–Crippen MR) is 42.6 cm³/mol. The lowest BCUT2D eigenvalue weighted by Gasteiger charge is -2.03. The van der Waals surface area contributed by atoms with Gasteiger partial charge in [0, 0.05) is 0 Å². The van der Waals surface area contributed by atoms with Crippen molar-refractivity contribution in [1.29, 1.82) is 0 Å². The first-order valence-corrected chi connectivity index (χ1v) is 5.04. The van der Waals surface area contributed by atoms with Gasteiger partial charge < -0.3 is 25.7 Å². The minimum Gasteiger partial charge on any atom is -0.480 e. The molecule has 6 N–H and O–H groups in total. The van der Waals surface area contributed by atoms with Crippen LogP contribution in [0.3, 0.4) is 0 Å². The monoisotopic (exact) mass is 197 g/mol. The molecule has 0 aliphatic carbocycles. The molecule has 0 fully saturated rings. The zero-order chi connectivity index (χ0) is 9.78. The van der Waals surface area contributed by atoms with Crippen LogP contribution >= 0.6 is 7.60 Å². The van der Waals surface area contributed by atoms with E-state index in [1.54, 1.807) is 0 Å². The van der Waals surface area contributed by atoms with Crippen molar-refractivity contribution < 1.29 is 24.6 Å². The van der Waals surface area contributed by atoms with E-state index in [1.807, 2.05) is 0 Å². The molecule has 72 valence electrons. The van der Waals surface area contributed by atoms with Crippen molar-refractivity contribution in [3.05, 3.63) is 11.6 Å². The first kappa shape index (κ1) is 11.3. The summed E-state index contributed by atoms with van der Waals surface area (Å²) in [6.45, 7) is 0. The van der Waals surface area contributed by atoms with Crippen LogP contribution in [0.15, 0.2) is 11.6 Å². The Bertz CT molecular complexity index is 216. The summed E-state index contributed by atoms with van der Waals surface area (Å²) in [5.41, 5.74) is 4.91. The lowest BCUT2D eigenvalue weighted by Crippen LogP contribution is -2.03. The van der Waals surface area contributed by atoms with Crippen LogP contribution in [0, 0.1) is 0 Å². The van der Waals surface area contributed by atoms with Crippen molar-refractivity contribution in [2.24, 2.45) is 5.73 Å². The molecular formula is C5H12NO5P. The molecular weight excluding hydrogens is 185 g/mol. The first-order valence-electron chi connectivity index (χ1n) is 3.24. The fourth-order valence-electron chi connectivity index (χ4n) is 0.587. The van der Waals surface area contributed by atoms with Gasteiger partial charge in [-0.2, -0.15) is 0 Å². The number of aliphatic hydroxyl groups excluding tert-OH is 1. The average molecular weight is 197 g/mol.